The lowest BCUT2D eigenvalue weighted by Gasteiger charge is -2.22. The summed E-state index contributed by atoms with van der Waals surface area (Å²) in [4.78, 5) is 30.2. The lowest BCUT2D eigenvalue weighted by atomic mass is 9.92. The number of nitrogens with zero attached hydrogens (tertiary/aromatic N) is 5. The van der Waals surface area contributed by atoms with Gasteiger partial charge in [-0.05, 0) is 69.5 Å². The first-order valence-corrected chi connectivity index (χ1v) is 19.1. The summed E-state index contributed by atoms with van der Waals surface area (Å²) in [5.41, 5.74) is 7.28. The van der Waals surface area contributed by atoms with Crippen LogP contribution in [-0.4, -0.2) is 69.4 Å². The molecule has 54 heavy (non-hydrogen) atoms. The normalized spacial score (nSPS) is 12.5. The Hall–Kier alpha value is -4.63. The molecule has 3 aromatic heterocycles. The number of carboxylic acids is 1. The number of benzene rings is 2. The average molecular weight is 780 g/mol. The third-order valence-electron chi connectivity index (χ3n) is 8.83. The Balaban J connectivity index is 0.00000650. The lowest BCUT2D eigenvalue weighted by molar-refractivity contribution is 0.0490. The molecule has 0 aliphatic heterocycles. The molecule has 3 N–H and O–H groups in total. The number of aromatic nitrogens is 5. The summed E-state index contributed by atoms with van der Waals surface area (Å²) in [5, 5.41) is 13.0. The fourth-order valence-electron chi connectivity index (χ4n) is 6.14. The molecule has 0 bridgehead atoms. The van der Waals surface area contributed by atoms with Gasteiger partial charge in [0.2, 0.25) is 11.8 Å². The van der Waals surface area contributed by atoms with Crippen LogP contribution < -0.4 is 14.8 Å². The summed E-state index contributed by atoms with van der Waals surface area (Å²) >= 11 is 0. The molecule has 0 aliphatic carbocycles. The largest absolute Gasteiger partial charge is 0.478 e. The maximum atomic E-state index is 13.5. The Kier molecular flexibility index (Phi) is 13.4. The third-order valence-corrected chi connectivity index (χ3v) is 10.2. The molecular weight excluding hydrogens is 730 g/mol. The maximum absolute atomic E-state index is 13.5. The van der Waals surface area contributed by atoms with Crippen LogP contribution >= 0.6 is 12.4 Å². The van der Waals surface area contributed by atoms with Gasteiger partial charge in [-0.1, -0.05) is 52.0 Å². The van der Waals surface area contributed by atoms with E-state index in [0.29, 0.717) is 30.8 Å². The number of hydrogen-bond donors (Lipinski definition) is 3. The van der Waals surface area contributed by atoms with E-state index < -0.39 is 16.0 Å². The van der Waals surface area contributed by atoms with Crippen LogP contribution in [0.4, 0.5) is 5.95 Å². The second-order valence-electron chi connectivity index (χ2n) is 14.4. The van der Waals surface area contributed by atoms with E-state index >= 15 is 0 Å². The van der Waals surface area contributed by atoms with E-state index in [1.165, 1.54) is 18.2 Å². The smallest absolute Gasteiger partial charge is 0.335 e. The number of hydrogen-bond acceptors (Lipinski definition) is 10. The fourth-order valence-corrected chi connectivity index (χ4v) is 7.13. The predicted octanol–water partition coefficient (Wildman–Crippen LogP) is 6.79. The Morgan fingerprint density at radius 3 is 2.31 bits per heavy atom. The first-order valence-electron chi connectivity index (χ1n) is 17.6. The van der Waals surface area contributed by atoms with E-state index in [2.05, 4.69) is 51.4 Å². The van der Waals surface area contributed by atoms with Crippen molar-refractivity contribution in [2.45, 2.75) is 90.8 Å². The number of rotatable bonds is 15. The summed E-state index contributed by atoms with van der Waals surface area (Å²) < 4.78 is 44.1. The average Bonchev–Trinajstić information content (AvgIpc) is 3.43. The highest BCUT2D eigenvalue weighted by Gasteiger charge is 2.25. The van der Waals surface area contributed by atoms with Gasteiger partial charge < -0.3 is 24.5 Å². The molecule has 13 nitrogen and oxygen atoms in total. The number of aromatic carboxylic acids is 1. The van der Waals surface area contributed by atoms with E-state index in [4.69, 9.17) is 19.4 Å². The number of carboxylic acid groups (broad SMARTS) is 1. The minimum atomic E-state index is -4.28. The zero-order valence-corrected chi connectivity index (χ0v) is 33.9. The highest BCUT2D eigenvalue weighted by molar-refractivity contribution is 7.92. The molecule has 0 saturated heterocycles. The van der Waals surface area contributed by atoms with E-state index in [0.717, 1.165) is 45.3 Å². The van der Waals surface area contributed by atoms with Gasteiger partial charge in [0.25, 0.3) is 10.0 Å². The van der Waals surface area contributed by atoms with E-state index in [1.54, 1.807) is 6.20 Å². The Labute approximate surface area is 323 Å². The molecule has 0 aliphatic rings. The Bertz CT molecular complexity index is 2210. The van der Waals surface area contributed by atoms with E-state index in [9.17, 15) is 18.3 Å². The molecule has 0 saturated carbocycles. The first-order chi connectivity index (χ1) is 25.0. The molecule has 5 rings (SSSR count). The number of halogens is 1. The minimum Gasteiger partial charge on any atom is -0.478 e. The SMILES string of the molecule is CCc1c(OC[C@@H](COC(C)C)NCc2cnc3cc(C(C)(C)C)n(C)c3n2)nc(NS(=O)(=O)c2cccc(C(=O)O)c2)nc1-c1c(C)cccc1C.Cl. The fraction of sp³-hybridized carbons (Fsp3) is 0.410. The number of carbonyl (C=O) groups is 1. The summed E-state index contributed by atoms with van der Waals surface area (Å²) in [6.07, 6.45) is 2.23. The van der Waals surface area contributed by atoms with Crippen molar-refractivity contribution in [3.63, 3.8) is 0 Å². The Morgan fingerprint density at radius 2 is 1.69 bits per heavy atom. The predicted molar refractivity (Wildman–Crippen MR) is 212 cm³/mol. The van der Waals surface area contributed by atoms with Crippen molar-refractivity contribution in [3.05, 3.63) is 88.4 Å². The number of ether oxygens (including phenoxy) is 2. The highest BCUT2D eigenvalue weighted by Crippen LogP contribution is 2.35. The lowest BCUT2D eigenvalue weighted by Crippen LogP contribution is -2.39. The number of fused-ring (bicyclic) bond motifs is 1. The van der Waals surface area contributed by atoms with Gasteiger partial charge in [-0.3, -0.25) is 4.98 Å². The molecule has 1 atom stereocenters. The van der Waals surface area contributed by atoms with Crippen LogP contribution in [0.2, 0.25) is 0 Å². The summed E-state index contributed by atoms with van der Waals surface area (Å²) in [7, 11) is -2.28. The van der Waals surface area contributed by atoms with Gasteiger partial charge in [-0.2, -0.15) is 4.98 Å². The van der Waals surface area contributed by atoms with Crippen LogP contribution in [0.25, 0.3) is 22.4 Å². The summed E-state index contributed by atoms with van der Waals surface area (Å²) in [5.74, 6) is -1.24. The monoisotopic (exact) mass is 779 g/mol. The van der Waals surface area contributed by atoms with E-state index in [1.807, 2.05) is 59.9 Å². The topological polar surface area (TPSA) is 170 Å². The standard InChI is InChI=1S/C39H49N7O6S.ClH/c1-10-30-34(33-24(4)13-11-14-25(33)5)43-38(45-53(49,50)29-16-12-15-26(17-29)37(47)48)44-36(30)52-22-28(21-51-23(2)3)40-19-27-20-41-31-18-32(39(6,7)8)46(9)35(31)42-27;/h11-18,20,23,28,40H,10,19,21-22H2,1-9H3,(H,47,48)(H,43,44,45);1H/t28-;/m1./s1. The van der Waals surface area contributed by atoms with Crippen LogP contribution in [-0.2, 0) is 40.2 Å². The van der Waals surface area contributed by atoms with Crippen LogP contribution in [0.15, 0.2) is 59.6 Å². The van der Waals surface area contributed by atoms with Gasteiger partial charge in [-0.25, -0.2) is 27.9 Å². The maximum Gasteiger partial charge on any atom is 0.335 e. The van der Waals surface area contributed by atoms with Crippen molar-refractivity contribution in [1.82, 2.24) is 29.8 Å². The Morgan fingerprint density at radius 1 is 1.00 bits per heavy atom. The van der Waals surface area contributed by atoms with Crippen LogP contribution in [0.5, 0.6) is 5.88 Å². The van der Waals surface area contributed by atoms with Crippen molar-refractivity contribution < 1.29 is 27.8 Å². The minimum absolute atomic E-state index is 0. The van der Waals surface area contributed by atoms with Crippen LogP contribution in [0.1, 0.15) is 80.0 Å². The quantitative estimate of drug-likeness (QED) is 0.102. The number of sulfonamides is 1. The number of nitrogens with one attached hydrogen (secondary N) is 2. The molecule has 290 valence electrons. The molecule has 3 heterocycles. The molecule has 0 fully saturated rings. The third kappa shape index (κ3) is 9.72. The molecule has 15 heteroatoms. The van der Waals surface area contributed by atoms with Gasteiger partial charge >= 0.3 is 5.97 Å². The zero-order valence-electron chi connectivity index (χ0n) is 32.2. The van der Waals surface area contributed by atoms with Gasteiger partial charge in [-0.15, -0.1) is 12.4 Å². The van der Waals surface area contributed by atoms with Crippen molar-refractivity contribution in [3.8, 4) is 17.1 Å². The second kappa shape index (κ2) is 17.2. The first kappa shape index (κ1) is 42.1. The van der Waals surface area contributed by atoms with E-state index in [-0.39, 0.29) is 58.9 Å². The van der Waals surface area contributed by atoms with Gasteiger partial charge in [0.1, 0.15) is 12.1 Å². The van der Waals surface area contributed by atoms with Crippen LogP contribution in [0, 0.1) is 13.8 Å². The van der Waals surface area contributed by atoms with Crippen molar-refractivity contribution >= 4 is 45.5 Å². The van der Waals surface area contributed by atoms with Crippen molar-refractivity contribution in [1.29, 1.82) is 0 Å². The molecule has 2 aromatic carbocycles. The van der Waals surface area contributed by atoms with Crippen molar-refractivity contribution in [2.75, 3.05) is 17.9 Å². The zero-order chi connectivity index (χ0) is 38.7. The van der Waals surface area contributed by atoms with Gasteiger partial charge in [0.15, 0.2) is 5.65 Å². The summed E-state index contributed by atoms with van der Waals surface area (Å²) in [6, 6.07) is 12.7. The van der Waals surface area contributed by atoms with Gasteiger partial charge in [0, 0.05) is 35.8 Å². The molecule has 0 spiro atoms. The summed E-state index contributed by atoms with van der Waals surface area (Å²) in [6.45, 7) is 17.1. The molecule has 0 amide bonds. The van der Waals surface area contributed by atoms with Crippen LogP contribution in [0.3, 0.4) is 0 Å². The van der Waals surface area contributed by atoms with Crippen molar-refractivity contribution in [2.24, 2.45) is 7.05 Å². The molecule has 0 unspecified atom stereocenters. The number of aryl methyl sites for hydroxylation is 3. The molecule has 5 aromatic rings. The molecule has 0 radical (unpaired) electrons. The molecular formula is C39H50ClN7O6S. The van der Waals surface area contributed by atoms with Gasteiger partial charge in [0.05, 0.1) is 46.8 Å². The second-order valence-corrected chi connectivity index (χ2v) is 16.1. The highest BCUT2D eigenvalue weighted by atomic mass is 35.5. The number of anilines is 1.